The molecule has 7 nitrogen and oxygen atoms in total. The van der Waals surface area contributed by atoms with Gasteiger partial charge in [-0.05, 0) is 18.2 Å². The number of nitrogens with two attached hydrogens (primary N) is 1. The zero-order chi connectivity index (χ0) is 14.2. The molecule has 1 aliphatic heterocycles. The number of aliphatic hydroxyl groups is 1. The van der Waals surface area contributed by atoms with Crippen molar-refractivity contribution < 1.29 is 23.1 Å². The van der Waals surface area contributed by atoms with E-state index >= 15 is 0 Å². The molecule has 0 radical (unpaired) electrons. The molecule has 8 heteroatoms. The highest BCUT2D eigenvalue weighted by molar-refractivity contribution is 7.89. The molecule has 1 aromatic carbocycles. The number of methoxy groups -OCH3 is 1. The molecule has 19 heavy (non-hydrogen) atoms. The molecule has 0 spiro atoms. The van der Waals surface area contributed by atoms with Crippen LogP contribution in [-0.2, 0) is 10.0 Å². The van der Waals surface area contributed by atoms with Gasteiger partial charge in [0, 0.05) is 13.1 Å². The number of sulfonamides is 1. The Labute approximate surface area is 110 Å². The number of carbonyl (C=O) groups excluding carboxylic acids is 1. The Morgan fingerprint density at radius 1 is 1.47 bits per heavy atom. The minimum Gasteiger partial charge on any atom is -0.496 e. The molecule has 0 unspecified atom stereocenters. The zero-order valence-corrected chi connectivity index (χ0v) is 11.1. The second-order valence-electron chi connectivity index (χ2n) is 4.20. The molecule has 1 saturated heterocycles. The van der Waals surface area contributed by atoms with Crippen molar-refractivity contribution in [1.29, 1.82) is 0 Å². The quantitative estimate of drug-likeness (QED) is 0.750. The van der Waals surface area contributed by atoms with E-state index in [0.717, 1.165) is 4.31 Å². The second kappa shape index (κ2) is 4.80. The molecular formula is C11H14N2O5S. The van der Waals surface area contributed by atoms with Gasteiger partial charge in [-0.1, -0.05) is 0 Å². The Balaban J connectivity index is 2.41. The highest BCUT2D eigenvalue weighted by Crippen LogP contribution is 2.26. The number of primary amides is 1. The lowest BCUT2D eigenvalue weighted by Gasteiger charge is -2.34. The van der Waals surface area contributed by atoms with E-state index in [-0.39, 0.29) is 29.3 Å². The van der Waals surface area contributed by atoms with Crippen molar-refractivity contribution >= 4 is 15.9 Å². The SMILES string of the molecule is COc1ccc(S(=O)(=O)N2CC(O)C2)cc1C(N)=O. The highest BCUT2D eigenvalue weighted by Gasteiger charge is 2.36. The van der Waals surface area contributed by atoms with Crippen LogP contribution in [0.2, 0.25) is 0 Å². The highest BCUT2D eigenvalue weighted by atomic mass is 32.2. The second-order valence-corrected chi connectivity index (χ2v) is 6.14. The van der Waals surface area contributed by atoms with Crippen LogP contribution in [-0.4, -0.2) is 50.0 Å². The van der Waals surface area contributed by atoms with E-state index in [1.165, 1.54) is 25.3 Å². The van der Waals surface area contributed by atoms with Gasteiger partial charge < -0.3 is 15.6 Å². The first-order chi connectivity index (χ1) is 8.86. The van der Waals surface area contributed by atoms with Crippen molar-refractivity contribution in [3.05, 3.63) is 23.8 Å². The number of carbonyl (C=O) groups is 1. The number of nitrogens with zero attached hydrogens (tertiary/aromatic N) is 1. The van der Waals surface area contributed by atoms with Gasteiger partial charge in [-0.25, -0.2) is 8.42 Å². The van der Waals surface area contributed by atoms with E-state index in [2.05, 4.69) is 0 Å². The summed E-state index contributed by atoms with van der Waals surface area (Å²) in [6.07, 6.45) is -0.636. The van der Waals surface area contributed by atoms with Crippen LogP contribution in [0.15, 0.2) is 23.1 Å². The van der Waals surface area contributed by atoms with Gasteiger partial charge in [0.15, 0.2) is 0 Å². The van der Waals surface area contributed by atoms with E-state index in [0.29, 0.717) is 0 Å². The Bertz CT molecular complexity index is 608. The average Bonchev–Trinajstić information content (AvgIpc) is 2.33. The molecule has 0 atom stereocenters. The summed E-state index contributed by atoms with van der Waals surface area (Å²) in [5.41, 5.74) is 5.18. The van der Waals surface area contributed by atoms with Gasteiger partial charge in [-0.2, -0.15) is 4.31 Å². The molecular weight excluding hydrogens is 272 g/mol. The van der Waals surface area contributed by atoms with Crippen LogP contribution in [0.3, 0.4) is 0 Å². The van der Waals surface area contributed by atoms with Gasteiger partial charge in [-0.3, -0.25) is 4.79 Å². The minimum atomic E-state index is -3.71. The van der Waals surface area contributed by atoms with Crippen molar-refractivity contribution in [1.82, 2.24) is 4.31 Å². The fourth-order valence-electron chi connectivity index (χ4n) is 1.80. The smallest absolute Gasteiger partial charge is 0.252 e. The van der Waals surface area contributed by atoms with Crippen molar-refractivity contribution in [2.75, 3.05) is 20.2 Å². The topological polar surface area (TPSA) is 110 Å². The summed E-state index contributed by atoms with van der Waals surface area (Å²) in [5, 5.41) is 9.15. The first kappa shape index (κ1) is 13.8. The first-order valence-corrected chi connectivity index (χ1v) is 6.96. The number of β-amino-alcohol motifs (C(OH)–C–C–N with tert-alkyl or cyclic N) is 1. The largest absolute Gasteiger partial charge is 0.496 e. The molecule has 1 heterocycles. The fourth-order valence-corrected chi connectivity index (χ4v) is 3.34. The number of rotatable bonds is 4. The van der Waals surface area contributed by atoms with E-state index in [1.807, 2.05) is 0 Å². The Hall–Kier alpha value is -1.64. The lowest BCUT2D eigenvalue weighted by molar-refractivity contribution is 0.0547. The summed E-state index contributed by atoms with van der Waals surface area (Å²) < 4.78 is 30.4. The van der Waals surface area contributed by atoms with Crippen LogP contribution < -0.4 is 10.5 Å². The maximum absolute atomic E-state index is 12.2. The predicted molar refractivity (Wildman–Crippen MR) is 66.3 cm³/mol. The molecule has 1 aliphatic rings. The molecule has 0 aliphatic carbocycles. The number of aliphatic hydroxyl groups excluding tert-OH is 1. The van der Waals surface area contributed by atoms with Gasteiger partial charge >= 0.3 is 0 Å². The standard InChI is InChI=1S/C11H14N2O5S/c1-18-10-3-2-8(4-9(10)11(12)15)19(16,17)13-5-7(14)6-13/h2-4,7,14H,5-6H2,1H3,(H2,12,15). The third-order valence-electron chi connectivity index (χ3n) is 2.90. The summed E-state index contributed by atoms with van der Waals surface area (Å²) in [7, 11) is -2.34. The Morgan fingerprint density at radius 3 is 2.58 bits per heavy atom. The van der Waals surface area contributed by atoms with Crippen LogP contribution in [0.4, 0.5) is 0 Å². The lowest BCUT2D eigenvalue weighted by atomic mass is 10.2. The molecule has 1 aromatic rings. The third-order valence-corrected chi connectivity index (χ3v) is 4.73. The van der Waals surface area contributed by atoms with E-state index in [1.54, 1.807) is 0 Å². The molecule has 104 valence electrons. The number of benzene rings is 1. The van der Waals surface area contributed by atoms with E-state index in [9.17, 15) is 13.2 Å². The lowest BCUT2D eigenvalue weighted by Crippen LogP contribution is -2.53. The third kappa shape index (κ3) is 2.42. The molecule has 0 bridgehead atoms. The molecule has 1 amide bonds. The molecule has 0 saturated carbocycles. The normalized spacial score (nSPS) is 16.9. The van der Waals surface area contributed by atoms with Crippen molar-refractivity contribution in [3.63, 3.8) is 0 Å². The van der Waals surface area contributed by atoms with Crippen molar-refractivity contribution in [3.8, 4) is 5.75 Å². The van der Waals surface area contributed by atoms with Crippen LogP contribution in [0.25, 0.3) is 0 Å². The van der Waals surface area contributed by atoms with Crippen LogP contribution in [0.1, 0.15) is 10.4 Å². The molecule has 2 rings (SSSR count). The van der Waals surface area contributed by atoms with Gasteiger partial charge in [0.1, 0.15) is 5.75 Å². The van der Waals surface area contributed by atoms with Gasteiger partial charge in [-0.15, -0.1) is 0 Å². The maximum Gasteiger partial charge on any atom is 0.252 e. The van der Waals surface area contributed by atoms with Crippen molar-refractivity contribution in [2.45, 2.75) is 11.0 Å². The average molecular weight is 286 g/mol. The number of ether oxygens (including phenoxy) is 1. The van der Waals surface area contributed by atoms with Gasteiger partial charge in [0.05, 0.1) is 23.7 Å². The zero-order valence-electron chi connectivity index (χ0n) is 10.2. The predicted octanol–water partition coefficient (Wildman–Crippen LogP) is -0.841. The first-order valence-electron chi connectivity index (χ1n) is 5.52. The summed E-state index contributed by atoms with van der Waals surface area (Å²) >= 11 is 0. The maximum atomic E-state index is 12.2. The minimum absolute atomic E-state index is 0.00430. The summed E-state index contributed by atoms with van der Waals surface area (Å²) in [6.45, 7) is 0.112. The molecule has 1 fully saturated rings. The summed E-state index contributed by atoms with van der Waals surface area (Å²) in [6, 6.07) is 3.90. The van der Waals surface area contributed by atoms with E-state index < -0.39 is 22.0 Å². The monoisotopic (exact) mass is 286 g/mol. The van der Waals surface area contributed by atoms with E-state index in [4.69, 9.17) is 15.6 Å². The van der Waals surface area contributed by atoms with Crippen LogP contribution in [0.5, 0.6) is 5.75 Å². The Kier molecular flexibility index (Phi) is 3.48. The fraction of sp³-hybridized carbons (Fsp3) is 0.364. The Morgan fingerprint density at radius 2 is 2.11 bits per heavy atom. The summed E-state index contributed by atoms with van der Waals surface area (Å²) in [5.74, 6) is -0.548. The van der Waals surface area contributed by atoms with Crippen LogP contribution in [0, 0.1) is 0 Å². The van der Waals surface area contributed by atoms with Gasteiger partial charge in [0.2, 0.25) is 10.0 Å². The molecule has 3 N–H and O–H groups in total. The molecule has 0 aromatic heterocycles. The number of hydrogen-bond acceptors (Lipinski definition) is 5. The van der Waals surface area contributed by atoms with Gasteiger partial charge in [0.25, 0.3) is 5.91 Å². The van der Waals surface area contributed by atoms with Crippen molar-refractivity contribution in [2.24, 2.45) is 5.73 Å². The number of hydrogen-bond donors (Lipinski definition) is 2. The summed E-state index contributed by atoms with van der Waals surface area (Å²) in [4.78, 5) is 11.2. The number of amides is 1. The van der Waals surface area contributed by atoms with Crippen LogP contribution >= 0.6 is 0 Å².